The summed E-state index contributed by atoms with van der Waals surface area (Å²) in [6, 6.07) is 11.2. The molecule has 7 heteroatoms. The molecule has 0 aliphatic heterocycles. The number of ketones is 1. The SMILES string of the molecule is CN(C)c1ccc(C(=O)CNS(=O)(=O)c2ccc(F)cc2)cc1. The van der Waals surface area contributed by atoms with Gasteiger partial charge < -0.3 is 4.90 Å². The molecule has 0 aliphatic carbocycles. The van der Waals surface area contributed by atoms with Crippen molar-refractivity contribution >= 4 is 21.5 Å². The van der Waals surface area contributed by atoms with E-state index in [0.29, 0.717) is 5.56 Å². The predicted octanol–water partition coefficient (Wildman–Crippen LogP) is 2.05. The third-order valence-corrected chi connectivity index (χ3v) is 4.67. The second kappa shape index (κ2) is 6.89. The molecule has 0 aromatic heterocycles. The van der Waals surface area contributed by atoms with E-state index >= 15 is 0 Å². The van der Waals surface area contributed by atoms with Gasteiger partial charge in [-0.15, -0.1) is 0 Å². The molecule has 0 unspecified atom stereocenters. The summed E-state index contributed by atoms with van der Waals surface area (Å²) in [6.45, 7) is -0.360. The van der Waals surface area contributed by atoms with Crippen LogP contribution in [0.5, 0.6) is 0 Å². The number of carbonyl (C=O) groups excluding carboxylic acids is 1. The van der Waals surface area contributed by atoms with Crippen LogP contribution in [-0.4, -0.2) is 34.8 Å². The first kappa shape index (κ1) is 17.1. The molecule has 0 saturated heterocycles. The summed E-state index contributed by atoms with van der Waals surface area (Å²) in [4.78, 5) is 13.9. The van der Waals surface area contributed by atoms with Crippen LogP contribution in [0.15, 0.2) is 53.4 Å². The van der Waals surface area contributed by atoms with Crippen LogP contribution < -0.4 is 9.62 Å². The van der Waals surface area contributed by atoms with Crippen molar-refractivity contribution in [2.24, 2.45) is 0 Å². The highest BCUT2D eigenvalue weighted by atomic mass is 32.2. The van der Waals surface area contributed by atoms with Crippen molar-refractivity contribution in [3.05, 3.63) is 59.9 Å². The average Bonchev–Trinajstić information content (AvgIpc) is 2.53. The molecule has 122 valence electrons. The fraction of sp³-hybridized carbons (Fsp3) is 0.188. The van der Waals surface area contributed by atoms with E-state index in [1.807, 2.05) is 19.0 Å². The Morgan fingerprint density at radius 3 is 2.13 bits per heavy atom. The number of hydrogen-bond donors (Lipinski definition) is 1. The van der Waals surface area contributed by atoms with Crippen molar-refractivity contribution in [2.45, 2.75) is 4.90 Å². The first-order valence-electron chi connectivity index (χ1n) is 6.85. The molecule has 2 aromatic carbocycles. The van der Waals surface area contributed by atoms with Crippen molar-refractivity contribution in [2.75, 3.05) is 25.5 Å². The zero-order chi connectivity index (χ0) is 17.0. The van der Waals surface area contributed by atoms with E-state index in [4.69, 9.17) is 0 Å². The molecule has 0 atom stereocenters. The Morgan fingerprint density at radius 1 is 1.04 bits per heavy atom. The van der Waals surface area contributed by atoms with Gasteiger partial charge in [-0.05, 0) is 48.5 Å². The fourth-order valence-electron chi connectivity index (χ4n) is 1.91. The average molecular weight is 336 g/mol. The minimum atomic E-state index is -3.85. The molecular weight excluding hydrogens is 319 g/mol. The maximum atomic E-state index is 12.8. The molecule has 2 aromatic rings. The van der Waals surface area contributed by atoms with Crippen LogP contribution in [-0.2, 0) is 10.0 Å². The number of rotatable bonds is 6. The van der Waals surface area contributed by atoms with E-state index in [2.05, 4.69) is 4.72 Å². The fourth-order valence-corrected chi connectivity index (χ4v) is 2.89. The molecule has 0 fully saturated rings. The van der Waals surface area contributed by atoms with E-state index in [0.717, 1.165) is 30.0 Å². The first-order valence-corrected chi connectivity index (χ1v) is 8.34. The number of sulfonamides is 1. The van der Waals surface area contributed by atoms with Crippen LogP contribution >= 0.6 is 0 Å². The largest absolute Gasteiger partial charge is 0.378 e. The van der Waals surface area contributed by atoms with Crippen molar-refractivity contribution in [1.82, 2.24) is 4.72 Å². The first-order chi connectivity index (χ1) is 10.8. The third-order valence-electron chi connectivity index (χ3n) is 3.25. The Balaban J connectivity index is 2.04. The molecule has 1 N–H and O–H groups in total. The lowest BCUT2D eigenvalue weighted by atomic mass is 10.1. The van der Waals surface area contributed by atoms with Crippen LogP contribution in [0.2, 0.25) is 0 Å². The van der Waals surface area contributed by atoms with Gasteiger partial charge in [0.15, 0.2) is 5.78 Å². The lowest BCUT2D eigenvalue weighted by molar-refractivity contribution is 0.0997. The summed E-state index contributed by atoms with van der Waals surface area (Å²) < 4.78 is 39.1. The van der Waals surface area contributed by atoms with Crippen molar-refractivity contribution < 1.29 is 17.6 Å². The molecule has 0 spiro atoms. The highest BCUT2D eigenvalue weighted by molar-refractivity contribution is 7.89. The van der Waals surface area contributed by atoms with Crippen LogP contribution in [0.25, 0.3) is 0 Å². The smallest absolute Gasteiger partial charge is 0.240 e. The van der Waals surface area contributed by atoms with Crippen molar-refractivity contribution in [3.63, 3.8) is 0 Å². The van der Waals surface area contributed by atoms with Gasteiger partial charge in [0, 0.05) is 25.3 Å². The van der Waals surface area contributed by atoms with Gasteiger partial charge in [-0.3, -0.25) is 4.79 Å². The number of Topliss-reactive ketones (excluding diaryl/α,β-unsaturated/α-hetero) is 1. The van der Waals surface area contributed by atoms with E-state index in [-0.39, 0.29) is 17.2 Å². The van der Waals surface area contributed by atoms with Crippen molar-refractivity contribution in [3.8, 4) is 0 Å². The second-order valence-corrected chi connectivity index (χ2v) is 6.91. The number of carbonyl (C=O) groups is 1. The molecule has 0 aliphatic rings. The summed E-state index contributed by atoms with van der Waals surface area (Å²) in [6.07, 6.45) is 0. The van der Waals surface area contributed by atoms with Gasteiger partial charge in [-0.2, -0.15) is 0 Å². The molecule has 5 nitrogen and oxygen atoms in total. The Kier molecular flexibility index (Phi) is 5.12. The van der Waals surface area contributed by atoms with Gasteiger partial charge in [-0.1, -0.05) is 0 Å². The van der Waals surface area contributed by atoms with Gasteiger partial charge in [0.25, 0.3) is 0 Å². The van der Waals surface area contributed by atoms with Gasteiger partial charge in [0.2, 0.25) is 10.0 Å². The third kappa shape index (κ3) is 4.37. The number of halogens is 1. The zero-order valence-electron chi connectivity index (χ0n) is 12.8. The number of hydrogen-bond acceptors (Lipinski definition) is 4. The standard InChI is InChI=1S/C16H17FN2O3S/c1-19(2)14-7-3-12(4-8-14)16(20)11-18-23(21,22)15-9-5-13(17)6-10-15/h3-10,18H,11H2,1-2H3. The number of nitrogens with zero attached hydrogens (tertiary/aromatic N) is 1. The molecule has 0 radical (unpaired) electrons. The second-order valence-electron chi connectivity index (χ2n) is 5.14. The van der Waals surface area contributed by atoms with Gasteiger partial charge in [0.05, 0.1) is 11.4 Å². The minimum absolute atomic E-state index is 0.0883. The highest BCUT2D eigenvalue weighted by Gasteiger charge is 2.16. The summed E-state index contributed by atoms with van der Waals surface area (Å²) >= 11 is 0. The van der Waals surface area contributed by atoms with Gasteiger partial charge in [0.1, 0.15) is 5.82 Å². The van der Waals surface area contributed by atoms with Crippen LogP contribution in [0.3, 0.4) is 0 Å². The van der Waals surface area contributed by atoms with E-state index in [1.165, 1.54) is 0 Å². The quantitative estimate of drug-likeness (QED) is 0.820. The van der Waals surface area contributed by atoms with Gasteiger partial charge >= 0.3 is 0 Å². The molecule has 0 amide bonds. The molecular formula is C16H17FN2O3S. The molecule has 0 bridgehead atoms. The van der Waals surface area contributed by atoms with Gasteiger partial charge in [-0.25, -0.2) is 17.5 Å². The topological polar surface area (TPSA) is 66.5 Å². The highest BCUT2D eigenvalue weighted by Crippen LogP contribution is 2.13. The molecule has 2 rings (SSSR count). The zero-order valence-corrected chi connectivity index (χ0v) is 13.6. The Bertz CT molecular complexity index is 785. The van der Waals surface area contributed by atoms with Crippen LogP contribution in [0, 0.1) is 5.82 Å². The monoisotopic (exact) mass is 336 g/mol. The lowest BCUT2D eigenvalue weighted by Gasteiger charge is -2.12. The lowest BCUT2D eigenvalue weighted by Crippen LogP contribution is -2.29. The number of anilines is 1. The molecule has 0 heterocycles. The summed E-state index contributed by atoms with van der Waals surface area (Å²) in [7, 11) is -0.0823. The molecule has 0 saturated carbocycles. The van der Waals surface area contributed by atoms with E-state index in [9.17, 15) is 17.6 Å². The van der Waals surface area contributed by atoms with Crippen molar-refractivity contribution in [1.29, 1.82) is 0 Å². The Morgan fingerprint density at radius 2 is 1.61 bits per heavy atom. The maximum absolute atomic E-state index is 12.8. The van der Waals surface area contributed by atoms with E-state index in [1.54, 1.807) is 24.3 Å². The van der Waals surface area contributed by atoms with Crippen LogP contribution in [0.4, 0.5) is 10.1 Å². The van der Waals surface area contributed by atoms with Crippen LogP contribution in [0.1, 0.15) is 10.4 Å². The maximum Gasteiger partial charge on any atom is 0.240 e. The summed E-state index contributed by atoms with van der Waals surface area (Å²) in [5.74, 6) is -0.873. The summed E-state index contributed by atoms with van der Waals surface area (Å²) in [5.41, 5.74) is 1.35. The Hall–Kier alpha value is -2.25. The number of benzene rings is 2. The minimum Gasteiger partial charge on any atom is -0.378 e. The summed E-state index contributed by atoms with van der Waals surface area (Å²) in [5, 5.41) is 0. The van der Waals surface area contributed by atoms with E-state index < -0.39 is 15.8 Å². The predicted molar refractivity (Wildman–Crippen MR) is 86.7 cm³/mol. The Labute approximate surface area is 134 Å². The number of nitrogens with one attached hydrogen (secondary N) is 1. The molecule has 23 heavy (non-hydrogen) atoms. The normalized spacial score (nSPS) is 11.3.